The molecule has 4 atom stereocenters. The quantitative estimate of drug-likeness (QED) is 0.751. The Bertz CT molecular complexity index is 726. The van der Waals surface area contributed by atoms with Gasteiger partial charge in [-0.2, -0.15) is 0 Å². The molecule has 0 saturated carbocycles. The Kier molecular flexibility index (Phi) is 3.50. The van der Waals surface area contributed by atoms with Gasteiger partial charge in [-0.1, -0.05) is 61.5 Å². The van der Waals surface area contributed by atoms with Gasteiger partial charge >= 0.3 is 0 Å². The predicted octanol–water partition coefficient (Wildman–Crippen LogP) is 4.71. The van der Waals surface area contributed by atoms with E-state index in [1.54, 1.807) is 11.1 Å². The van der Waals surface area contributed by atoms with E-state index in [-0.39, 0.29) is 0 Å². The number of nitrogens with zero attached hydrogens (tertiary/aromatic N) is 2. The molecule has 0 radical (unpaired) electrons. The molecule has 0 unspecified atom stereocenters. The molecule has 3 aliphatic heterocycles. The summed E-state index contributed by atoms with van der Waals surface area (Å²) in [5.74, 6) is 0.646. The maximum Gasteiger partial charge on any atom is 0.0633 e. The van der Waals surface area contributed by atoms with Crippen LogP contribution in [0.4, 0.5) is 0 Å². The van der Waals surface area contributed by atoms with Crippen LogP contribution in [0, 0.1) is 0 Å². The van der Waals surface area contributed by atoms with Crippen molar-refractivity contribution < 1.29 is 0 Å². The predicted molar refractivity (Wildman–Crippen MR) is 97.8 cm³/mol. The van der Waals surface area contributed by atoms with Gasteiger partial charge in [0, 0.05) is 25.2 Å². The third-order valence-corrected chi connectivity index (χ3v) is 6.45. The summed E-state index contributed by atoms with van der Waals surface area (Å²) >= 11 is 0. The van der Waals surface area contributed by atoms with Gasteiger partial charge in [0.05, 0.1) is 6.17 Å². The lowest BCUT2D eigenvalue weighted by molar-refractivity contribution is -0.0548. The summed E-state index contributed by atoms with van der Waals surface area (Å²) in [5, 5.41) is 0. The minimum absolute atomic E-state index is 0.571. The molecule has 3 heterocycles. The first-order chi connectivity index (χ1) is 11.8. The smallest absolute Gasteiger partial charge is 0.0633 e. The molecular formula is C22H26N2. The third kappa shape index (κ3) is 2.17. The first-order valence-electron chi connectivity index (χ1n) is 9.48. The van der Waals surface area contributed by atoms with E-state index < -0.39 is 0 Å². The molecule has 124 valence electrons. The second kappa shape index (κ2) is 5.72. The monoisotopic (exact) mass is 318 g/mol. The van der Waals surface area contributed by atoms with Crippen LogP contribution in [0.1, 0.15) is 60.9 Å². The van der Waals surface area contributed by atoms with E-state index in [9.17, 15) is 0 Å². The molecule has 0 spiro atoms. The Morgan fingerprint density at radius 2 is 1.58 bits per heavy atom. The van der Waals surface area contributed by atoms with Crippen LogP contribution in [0.25, 0.3) is 0 Å². The van der Waals surface area contributed by atoms with Gasteiger partial charge in [0.1, 0.15) is 0 Å². The minimum Gasteiger partial charge on any atom is -0.281 e. The third-order valence-electron chi connectivity index (χ3n) is 6.45. The van der Waals surface area contributed by atoms with Gasteiger partial charge in [0.15, 0.2) is 0 Å². The van der Waals surface area contributed by atoms with Gasteiger partial charge in [-0.15, -0.1) is 0 Å². The van der Waals surface area contributed by atoms with Crippen molar-refractivity contribution in [2.75, 3.05) is 13.1 Å². The lowest BCUT2D eigenvalue weighted by Gasteiger charge is -2.53. The van der Waals surface area contributed by atoms with E-state index in [4.69, 9.17) is 0 Å². The summed E-state index contributed by atoms with van der Waals surface area (Å²) in [4.78, 5) is 5.60. The summed E-state index contributed by atoms with van der Waals surface area (Å²) in [6.07, 6.45) is 4.52. The molecule has 0 aliphatic carbocycles. The van der Waals surface area contributed by atoms with Crippen molar-refractivity contribution in [3.8, 4) is 0 Å². The van der Waals surface area contributed by atoms with Crippen LogP contribution in [0.3, 0.4) is 0 Å². The summed E-state index contributed by atoms with van der Waals surface area (Å²) < 4.78 is 0. The Labute approximate surface area is 145 Å². The number of benzene rings is 2. The van der Waals surface area contributed by atoms with E-state index in [1.807, 2.05) is 0 Å². The summed E-state index contributed by atoms with van der Waals surface area (Å²) in [6.45, 7) is 4.87. The second-order valence-corrected chi connectivity index (χ2v) is 7.77. The zero-order chi connectivity index (χ0) is 16.1. The first-order valence-corrected chi connectivity index (χ1v) is 9.48. The lowest BCUT2D eigenvalue weighted by Crippen LogP contribution is -2.55. The molecule has 2 saturated heterocycles. The largest absolute Gasteiger partial charge is 0.281 e. The normalized spacial score (nSPS) is 32.9. The molecule has 2 fully saturated rings. The SMILES string of the molecule is C[C@H]1CN2[C@@H]3CCCN3[C@H](c3ccccc3)C[C@@H]2c2ccccc21. The molecule has 5 rings (SSSR count). The maximum atomic E-state index is 2.82. The Hall–Kier alpha value is -1.64. The van der Waals surface area contributed by atoms with Crippen LogP contribution in [-0.2, 0) is 0 Å². The summed E-state index contributed by atoms with van der Waals surface area (Å²) in [6, 6.07) is 21.5. The van der Waals surface area contributed by atoms with E-state index in [0.717, 1.165) is 0 Å². The van der Waals surface area contributed by atoms with Gasteiger partial charge in [-0.05, 0) is 41.9 Å². The number of fused-ring (bicyclic) bond motifs is 5. The molecule has 2 nitrogen and oxygen atoms in total. The van der Waals surface area contributed by atoms with Gasteiger partial charge in [0.25, 0.3) is 0 Å². The highest BCUT2D eigenvalue weighted by Gasteiger charge is 2.46. The van der Waals surface area contributed by atoms with E-state index in [0.29, 0.717) is 24.2 Å². The van der Waals surface area contributed by atoms with Crippen molar-refractivity contribution in [3.63, 3.8) is 0 Å². The zero-order valence-electron chi connectivity index (χ0n) is 14.4. The van der Waals surface area contributed by atoms with E-state index in [2.05, 4.69) is 71.3 Å². The highest BCUT2D eigenvalue weighted by Crippen LogP contribution is 2.49. The molecular weight excluding hydrogens is 292 g/mol. The molecule has 3 aliphatic rings. The molecule has 2 aromatic carbocycles. The molecule has 2 heteroatoms. The molecule has 0 aromatic heterocycles. The summed E-state index contributed by atoms with van der Waals surface area (Å²) in [5.41, 5.74) is 4.67. The fraction of sp³-hybridized carbons (Fsp3) is 0.455. The molecule has 0 N–H and O–H groups in total. The molecule has 0 bridgehead atoms. The van der Waals surface area contributed by atoms with Crippen molar-refractivity contribution >= 4 is 0 Å². The van der Waals surface area contributed by atoms with Gasteiger partial charge in [0.2, 0.25) is 0 Å². The van der Waals surface area contributed by atoms with E-state index in [1.165, 1.54) is 37.9 Å². The van der Waals surface area contributed by atoms with Crippen LogP contribution < -0.4 is 0 Å². The van der Waals surface area contributed by atoms with Crippen molar-refractivity contribution in [3.05, 3.63) is 71.3 Å². The molecule has 0 amide bonds. The van der Waals surface area contributed by atoms with E-state index >= 15 is 0 Å². The minimum atomic E-state index is 0.571. The fourth-order valence-electron chi connectivity index (χ4n) is 5.42. The van der Waals surface area contributed by atoms with Crippen molar-refractivity contribution in [1.29, 1.82) is 0 Å². The Morgan fingerprint density at radius 1 is 0.833 bits per heavy atom. The second-order valence-electron chi connectivity index (χ2n) is 7.77. The average Bonchev–Trinajstić information content (AvgIpc) is 3.12. The van der Waals surface area contributed by atoms with Gasteiger partial charge in [-0.25, -0.2) is 0 Å². The first kappa shape index (κ1) is 14.7. The van der Waals surface area contributed by atoms with Crippen molar-refractivity contribution in [1.82, 2.24) is 9.80 Å². The van der Waals surface area contributed by atoms with Gasteiger partial charge in [-0.3, -0.25) is 9.80 Å². The van der Waals surface area contributed by atoms with Crippen LogP contribution in [0.2, 0.25) is 0 Å². The summed E-state index contributed by atoms with van der Waals surface area (Å²) in [7, 11) is 0. The Morgan fingerprint density at radius 3 is 2.42 bits per heavy atom. The zero-order valence-corrected chi connectivity index (χ0v) is 14.4. The fourth-order valence-corrected chi connectivity index (χ4v) is 5.42. The molecule has 2 aromatic rings. The molecule has 24 heavy (non-hydrogen) atoms. The van der Waals surface area contributed by atoms with Gasteiger partial charge < -0.3 is 0 Å². The lowest BCUT2D eigenvalue weighted by atomic mass is 9.80. The number of rotatable bonds is 1. The topological polar surface area (TPSA) is 6.48 Å². The van der Waals surface area contributed by atoms with Crippen molar-refractivity contribution in [2.24, 2.45) is 0 Å². The van der Waals surface area contributed by atoms with Crippen LogP contribution in [0.15, 0.2) is 54.6 Å². The highest BCUT2D eigenvalue weighted by atomic mass is 15.4. The average molecular weight is 318 g/mol. The number of hydrogen-bond donors (Lipinski definition) is 0. The van der Waals surface area contributed by atoms with Crippen LogP contribution in [-0.4, -0.2) is 29.1 Å². The van der Waals surface area contributed by atoms with Crippen LogP contribution >= 0.6 is 0 Å². The Balaban J connectivity index is 1.58. The number of hydrogen-bond acceptors (Lipinski definition) is 2. The standard InChI is InChI=1S/C22H26N2/c1-16-15-24-21(19-11-6-5-10-18(16)19)14-20(17-8-3-2-4-9-17)23-13-7-12-22(23)24/h2-6,8-11,16,20-22H,7,12-15H2,1H3/t16-,20-,21+,22+/m0/s1. The van der Waals surface area contributed by atoms with Crippen molar-refractivity contribution in [2.45, 2.75) is 50.4 Å². The van der Waals surface area contributed by atoms with Crippen LogP contribution in [0.5, 0.6) is 0 Å². The maximum absolute atomic E-state index is 2.82. The highest BCUT2D eigenvalue weighted by molar-refractivity contribution is 5.37.